The van der Waals surface area contributed by atoms with Gasteiger partial charge in [0.05, 0.1) is 24.3 Å². The first kappa shape index (κ1) is 25.2. The Kier molecular flexibility index (Phi) is 6.63. The van der Waals surface area contributed by atoms with E-state index in [0.29, 0.717) is 55.7 Å². The van der Waals surface area contributed by atoms with E-state index in [0.717, 1.165) is 5.01 Å². The molecule has 2 fully saturated rings. The van der Waals surface area contributed by atoms with Gasteiger partial charge in [-0.25, -0.2) is 23.2 Å². The third kappa shape index (κ3) is 5.16. The van der Waals surface area contributed by atoms with Crippen LogP contribution in [0.25, 0.3) is 10.9 Å². The van der Waals surface area contributed by atoms with Gasteiger partial charge in [-0.15, -0.1) is 0 Å². The molecule has 8 nitrogen and oxygen atoms in total. The minimum absolute atomic E-state index is 0.193. The van der Waals surface area contributed by atoms with Crippen LogP contribution in [0.15, 0.2) is 35.1 Å². The fourth-order valence-electron chi connectivity index (χ4n) is 4.68. The summed E-state index contributed by atoms with van der Waals surface area (Å²) >= 11 is 0. The summed E-state index contributed by atoms with van der Waals surface area (Å²) in [7, 11) is 0. The lowest BCUT2D eigenvalue weighted by molar-refractivity contribution is -0.144. The number of hydrogen-bond acceptors (Lipinski definition) is 6. The molecule has 0 bridgehead atoms. The topological polar surface area (TPSA) is 84.6 Å². The normalized spacial score (nSPS) is 18.1. The van der Waals surface area contributed by atoms with Crippen molar-refractivity contribution >= 4 is 22.5 Å². The van der Waals surface area contributed by atoms with Crippen molar-refractivity contribution in [3.05, 3.63) is 69.3 Å². The van der Waals surface area contributed by atoms with Gasteiger partial charge < -0.3 is 9.88 Å². The molecule has 0 radical (unpaired) electrons. The first-order valence-electron chi connectivity index (χ1n) is 12.0. The molecule has 12 heteroatoms. The van der Waals surface area contributed by atoms with Crippen LogP contribution < -0.4 is 15.9 Å². The van der Waals surface area contributed by atoms with Crippen LogP contribution in [0.2, 0.25) is 0 Å². The molecule has 2 aromatic heterocycles. The van der Waals surface area contributed by atoms with Crippen molar-refractivity contribution in [2.45, 2.75) is 25.8 Å². The van der Waals surface area contributed by atoms with E-state index in [1.165, 1.54) is 12.1 Å². The number of carbonyl (C=O) groups excluding carboxylic acids is 1. The van der Waals surface area contributed by atoms with Gasteiger partial charge in [0.15, 0.2) is 5.82 Å². The second-order valence-electron chi connectivity index (χ2n) is 9.40. The molecule has 5 rings (SSSR count). The highest BCUT2D eigenvalue weighted by Gasteiger charge is 2.44. The van der Waals surface area contributed by atoms with Crippen LogP contribution in [-0.4, -0.2) is 71.0 Å². The number of rotatable bonds is 6. The van der Waals surface area contributed by atoms with Crippen LogP contribution >= 0.6 is 0 Å². The molecule has 2 aliphatic heterocycles. The van der Waals surface area contributed by atoms with Gasteiger partial charge in [0.2, 0.25) is 5.95 Å². The lowest BCUT2D eigenvalue weighted by atomic mass is 10.1. The average molecular weight is 519 g/mol. The molecule has 4 heterocycles. The molecule has 196 valence electrons. The Morgan fingerprint density at radius 1 is 1.08 bits per heavy atom. The maximum atomic E-state index is 15.1. The van der Waals surface area contributed by atoms with Crippen LogP contribution in [0, 0.1) is 11.8 Å². The maximum absolute atomic E-state index is 15.1. The Bertz CT molecular complexity index is 1400. The Labute approximate surface area is 209 Å². The average Bonchev–Trinajstić information content (AvgIpc) is 2.85. The smallest absolute Gasteiger partial charge is 0.284 e. The highest BCUT2D eigenvalue weighted by atomic mass is 19.3. The number of alkyl halides is 2. The maximum Gasteiger partial charge on any atom is 0.284 e. The third-order valence-electron chi connectivity index (χ3n) is 6.77. The fourth-order valence-corrected chi connectivity index (χ4v) is 4.68. The van der Waals surface area contributed by atoms with Gasteiger partial charge in [-0.3, -0.25) is 19.9 Å². The Morgan fingerprint density at radius 3 is 2.46 bits per heavy atom. The predicted octanol–water partition coefficient (Wildman–Crippen LogP) is 2.68. The van der Waals surface area contributed by atoms with Gasteiger partial charge >= 0.3 is 0 Å². The van der Waals surface area contributed by atoms with E-state index in [4.69, 9.17) is 0 Å². The van der Waals surface area contributed by atoms with Crippen molar-refractivity contribution in [1.29, 1.82) is 0 Å². The number of benzene rings is 1. The first-order chi connectivity index (χ1) is 17.6. The van der Waals surface area contributed by atoms with E-state index in [1.54, 1.807) is 23.1 Å². The number of aryl methyl sites for hydroxylation is 1. The van der Waals surface area contributed by atoms with Crippen molar-refractivity contribution < 1.29 is 22.4 Å². The van der Waals surface area contributed by atoms with Crippen molar-refractivity contribution in [2.75, 3.05) is 44.2 Å². The molecule has 1 aromatic carbocycles. The van der Waals surface area contributed by atoms with E-state index < -0.39 is 36.7 Å². The molecule has 2 N–H and O–H groups in total. The number of halogens is 4. The third-order valence-corrected chi connectivity index (χ3v) is 6.77. The minimum atomic E-state index is -2.84. The molecule has 0 unspecified atom stereocenters. The summed E-state index contributed by atoms with van der Waals surface area (Å²) in [5.74, 6) is -4.87. The monoisotopic (exact) mass is 518 g/mol. The lowest BCUT2D eigenvalue weighted by Gasteiger charge is -2.38. The predicted molar refractivity (Wildman–Crippen MR) is 130 cm³/mol. The van der Waals surface area contributed by atoms with E-state index in [2.05, 4.69) is 15.4 Å². The number of hydrazine groups is 1. The van der Waals surface area contributed by atoms with Crippen molar-refractivity contribution in [1.82, 2.24) is 25.3 Å². The molecule has 1 amide bonds. The number of fused-ring (bicyclic) bond motifs is 1. The quantitative estimate of drug-likeness (QED) is 0.386. The van der Waals surface area contributed by atoms with Gasteiger partial charge in [-0.2, -0.15) is 4.39 Å². The van der Waals surface area contributed by atoms with Gasteiger partial charge in [-0.05, 0) is 24.6 Å². The first-order valence-corrected chi connectivity index (χ1v) is 12.0. The number of H-pyrrole nitrogens is 1. The number of amides is 1. The molecule has 2 saturated heterocycles. The Balaban J connectivity index is 1.20. The molecule has 0 aliphatic carbocycles. The van der Waals surface area contributed by atoms with Crippen molar-refractivity contribution in [2.24, 2.45) is 0 Å². The van der Waals surface area contributed by atoms with Crippen molar-refractivity contribution in [3.63, 3.8) is 0 Å². The van der Waals surface area contributed by atoms with E-state index in [-0.39, 0.29) is 22.5 Å². The lowest BCUT2D eigenvalue weighted by Crippen LogP contribution is -2.62. The summed E-state index contributed by atoms with van der Waals surface area (Å²) in [4.78, 5) is 34.5. The van der Waals surface area contributed by atoms with Gasteiger partial charge in [0.1, 0.15) is 5.69 Å². The summed E-state index contributed by atoms with van der Waals surface area (Å²) in [5, 5.41) is 1.69. The Hall–Kier alpha value is -3.51. The number of aromatic nitrogens is 2. The molecular formula is C25H26F4N6O2. The molecule has 0 spiro atoms. The number of carbonyl (C=O) groups is 1. The summed E-state index contributed by atoms with van der Waals surface area (Å²) in [6.45, 7) is 3.00. The number of anilines is 1. The van der Waals surface area contributed by atoms with E-state index in [1.807, 2.05) is 11.8 Å². The molecule has 0 saturated carbocycles. The SMILES string of the molecule is CCc1cc2ccc(CN3CCN(c4ccc(C(=O)NN5CC(F)(F)C5)nc4F)CC3)c(F)c2[nH]c1=O. The second kappa shape index (κ2) is 9.75. The molecule has 3 aromatic rings. The number of nitrogens with one attached hydrogen (secondary N) is 2. The summed E-state index contributed by atoms with van der Waals surface area (Å²) in [6, 6.07) is 8.03. The fraction of sp³-hybridized carbons (Fsp3) is 0.400. The van der Waals surface area contributed by atoms with Crippen LogP contribution in [-0.2, 0) is 13.0 Å². The van der Waals surface area contributed by atoms with Gasteiger partial charge in [0.25, 0.3) is 17.4 Å². The summed E-state index contributed by atoms with van der Waals surface area (Å²) in [6.07, 6.45) is 0.561. The van der Waals surface area contributed by atoms with Crippen LogP contribution in [0.5, 0.6) is 0 Å². The number of piperazine rings is 1. The van der Waals surface area contributed by atoms with E-state index in [9.17, 15) is 22.8 Å². The highest BCUT2D eigenvalue weighted by molar-refractivity contribution is 5.92. The van der Waals surface area contributed by atoms with E-state index >= 15 is 4.39 Å². The van der Waals surface area contributed by atoms with Gasteiger partial charge in [-0.1, -0.05) is 19.1 Å². The molecule has 37 heavy (non-hydrogen) atoms. The van der Waals surface area contributed by atoms with Crippen LogP contribution in [0.4, 0.5) is 23.2 Å². The van der Waals surface area contributed by atoms with Gasteiger partial charge in [0, 0.05) is 49.2 Å². The number of aromatic amines is 1. The number of hydrogen-bond donors (Lipinski definition) is 2. The van der Waals surface area contributed by atoms with Crippen LogP contribution in [0.3, 0.4) is 0 Å². The molecule has 2 aliphatic rings. The standard InChI is InChI=1S/C25H26F4N6O2/c1-2-15-11-16-3-4-17(20(26)21(16)31-23(15)36)12-33-7-9-34(10-8-33)19-6-5-18(30-22(19)27)24(37)32-35-13-25(28,29)14-35/h3-6,11H,2,7-10,12-14H2,1H3,(H,31,36)(H,32,37). The Morgan fingerprint density at radius 2 is 1.81 bits per heavy atom. The summed E-state index contributed by atoms with van der Waals surface area (Å²) in [5.41, 5.74) is 3.28. The zero-order valence-corrected chi connectivity index (χ0v) is 20.2. The van der Waals surface area contributed by atoms with Crippen molar-refractivity contribution in [3.8, 4) is 0 Å². The second-order valence-corrected chi connectivity index (χ2v) is 9.40. The zero-order chi connectivity index (χ0) is 26.3. The molecule has 0 atom stereocenters. The largest absolute Gasteiger partial charge is 0.365 e. The zero-order valence-electron chi connectivity index (χ0n) is 20.2. The highest BCUT2D eigenvalue weighted by Crippen LogP contribution is 2.26. The minimum Gasteiger partial charge on any atom is -0.365 e. The number of nitrogens with zero attached hydrogens (tertiary/aromatic N) is 4. The number of pyridine rings is 2. The molecular weight excluding hydrogens is 492 g/mol. The van der Waals surface area contributed by atoms with Crippen LogP contribution in [0.1, 0.15) is 28.5 Å². The summed E-state index contributed by atoms with van der Waals surface area (Å²) < 4.78 is 55.7.